The fourth-order valence-corrected chi connectivity index (χ4v) is 3.58. The second-order valence-corrected chi connectivity index (χ2v) is 7.09. The molecule has 18 heavy (non-hydrogen) atoms. The van der Waals surface area contributed by atoms with Crippen molar-refractivity contribution in [3.8, 4) is 0 Å². The van der Waals surface area contributed by atoms with Gasteiger partial charge >= 0.3 is 0 Å². The van der Waals surface area contributed by atoms with Crippen molar-refractivity contribution in [1.29, 1.82) is 0 Å². The smallest absolute Gasteiger partial charge is 0.0662 e. The zero-order valence-corrected chi connectivity index (χ0v) is 12.4. The molecule has 1 aliphatic carbocycles. The van der Waals surface area contributed by atoms with Crippen molar-refractivity contribution in [2.24, 2.45) is 11.1 Å². The molecule has 0 bridgehead atoms. The molecule has 2 N–H and O–H groups in total. The van der Waals surface area contributed by atoms with Gasteiger partial charge in [-0.05, 0) is 51.0 Å². The number of nitrogens with two attached hydrogens (primary N) is 1. The summed E-state index contributed by atoms with van der Waals surface area (Å²) in [4.78, 5) is 2.56. The van der Waals surface area contributed by atoms with Crippen molar-refractivity contribution in [1.82, 2.24) is 4.90 Å². The predicted molar refractivity (Wildman–Crippen MR) is 75.6 cm³/mol. The SMILES string of the molecule is CN(C1CCC(C)(C)CC1)C1(CN)CCCOC1. The van der Waals surface area contributed by atoms with E-state index in [-0.39, 0.29) is 5.54 Å². The van der Waals surface area contributed by atoms with Crippen molar-refractivity contribution < 1.29 is 4.74 Å². The summed E-state index contributed by atoms with van der Waals surface area (Å²) >= 11 is 0. The molecule has 106 valence electrons. The molecule has 0 spiro atoms. The topological polar surface area (TPSA) is 38.5 Å². The van der Waals surface area contributed by atoms with Gasteiger partial charge in [-0.1, -0.05) is 13.8 Å². The molecule has 2 fully saturated rings. The van der Waals surface area contributed by atoms with Gasteiger partial charge in [-0.15, -0.1) is 0 Å². The van der Waals surface area contributed by atoms with Gasteiger partial charge in [0.1, 0.15) is 0 Å². The Labute approximate surface area is 112 Å². The molecule has 0 aromatic rings. The standard InChI is InChI=1S/C15H30N2O/c1-14(2)8-5-13(6-9-14)17(3)15(11-16)7-4-10-18-12-15/h13H,4-12,16H2,1-3H3. The Morgan fingerprint density at radius 1 is 1.22 bits per heavy atom. The molecule has 0 amide bonds. The van der Waals surface area contributed by atoms with Crippen LogP contribution in [0, 0.1) is 5.41 Å². The van der Waals surface area contributed by atoms with Crippen LogP contribution in [0.3, 0.4) is 0 Å². The van der Waals surface area contributed by atoms with Crippen LogP contribution in [-0.2, 0) is 4.74 Å². The third kappa shape index (κ3) is 2.89. The summed E-state index contributed by atoms with van der Waals surface area (Å²) in [6, 6.07) is 0.697. The highest BCUT2D eigenvalue weighted by molar-refractivity contribution is 4.96. The van der Waals surface area contributed by atoms with E-state index in [4.69, 9.17) is 10.5 Å². The Morgan fingerprint density at radius 2 is 1.89 bits per heavy atom. The second-order valence-electron chi connectivity index (χ2n) is 7.09. The first kappa shape index (κ1) is 14.3. The number of hydrogen-bond acceptors (Lipinski definition) is 3. The summed E-state index contributed by atoms with van der Waals surface area (Å²) in [5.41, 5.74) is 6.72. The fraction of sp³-hybridized carbons (Fsp3) is 1.00. The monoisotopic (exact) mass is 254 g/mol. The van der Waals surface area contributed by atoms with E-state index in [0.29, 0.717) is 11.5 Å². The van der Waals surface area contributed by atoms with Gasteiger partial charge in [0.2, 0.25) is 0 Å². The summed E-state index contributed by atoms with van der Waals surface area (Å²) in [5.74, 6) is 0. The maximum Gasteiger partial charge on any atom is 0.0662 e. The van der Waals surface area contributed by atoms with Crippen LogP contribution < -0.4 is 5.73 Å². The molecule has 2 rings (SSSR count). The van der Waals surface area contributed by atoms with E-state index >= 15 is 0 Å². The number of ether oxygens (including phenoxy) is 1. The van der Waals surface area contributed by atoms with Crippen molar-refractivity contribution >= 4 is 0 Å². The van der Waals surface area contributed by atoms with Crippen LogP contribution in [0.4, 0.5) is 0 Å². The normalized spacial score (nSPS) is 33.8. The Hall–Kier alpha value is -0.120. The molecular weight excluding hydrogens is 224 g/mol. The van der Waals surface area contributed by atoms with Gasteiger partial charge in [-0.3, -0.25) is 4.90 Å². The van der Waals surface area contributed by atoms with Crippen molar-refractivity contribution in [2.75, 3.05) is 26.8 Å². The first-order chi connectivity index (χ1) is 8.49. The molecule has 1 heterocycles. The average Bonchev–Trinajstić information content (AvgIpc) is 2.39. The number of nitrogens with zero attached hydrogens (tertiary/aromatic N) is 1. The molecule has 1 aliphatic heterocycles. The van der Waals surface area contributed by atoms with E-state index < -0.39 is 0 Å². The highest BCUT2D eigenvalue weighted by Gasteiger charge is 2.40. The third-order valence-electron chi connectivity index (χ3n) is 5.29. The third-order valence-corrected chi connectivity index (χ3v) is 5.29. The number of rotatable bonds is 3. The minimum atomic E-state index is 0.102. The van der Waals surface area contributed by atoms with Gasteiger partial charge in [-0.25, -0.2) is 0 Å². The van der Waals surface area contributed by atoms with Gasteiger partial charge < -0.3 is 10.5 Å². The van der Waals surface area contributed by atoms with E-state index in [1.165, 1.54) is 32.1 Å². The second kappa shape index (κ2) is 5.48. The first-order valence-corrected chi connectivity index (χ1v) is 7.50. The summed E-state index contributed by atoms with van der Waals surface area (Å²) in [6.45, 7) is 7.24. The highest BCUT2D eigenvalue weighted by atomic mass is 16.5. The molecule has 1 unspecified atom stereocenters. The van der Waals surface area contributed by atoms with Gasteiger partial charge in [0.25, 0.3) is 0 Å². The molecule has 0 radical (unpaired) electrons. The van der Waals surface area contributed by atoms with E-state index in [0.717, 1.165) is 26.2 Å². The fourth-order valence-electron chi connectivity index (χ4n) is 3.58. The Balaban J connectivity index is 1.99. The quantitative estimate of drug-likeness (QED) is 0.840. The summed E-state index contributed by atoms with van der Waals surface area (Å²) in [5, 5.41) is 0. The predicted octanol–water partition coefficient (Wildman–Crippen LogP) is 2.39. The molecule has 1 saturated heterocycles. The molecule has 0 aromatic carbocycles. The molecule has 1 atom stereocenters. The van der Waals surface area contributed by atoms with Crippen molar-refractivity contribution in [2.45, 2.75) is 64.0 Å². The maximum atomic E-state index is 6.08. The Kier molecular flexibility index (Phi) is 4.35. The van der Waals surface area contributed by atoms with E-state index in [9.17, 15) is 0 Å². The van der Waals surface area contributed by atoms with Crippen LogP contribution in [0.5, 0.6) is 0 Å². The number of likely N-dealkylation sites (N-methyl/N-ethyl adjacent to an activating group) is 1. The Morgan fingerprint density at radius 3 is 2.39 bits per heavy atom. The largest absolute Gasteiger partial charge is 0.379 e. The highest BCUT2D eigenvalue weighted by Crippen LogP contribution is 2.39. The minimum absolute atomic E-state index is 0.102. The lowest BCUT2D eigenvalue weighted by Gasteiger charge is -2.49. The molecule has 3 nitrogen and oxygen atoms in total. The van der Waals surface area contributed by atoms with E-state index in [2.05, 4.69) is 25.8 Å². The minimum Gasteiger partial charge on any atom is -0.379 e. The van der Waals surface area contributed by atoms with Crippen LogP contribution >= 0.6 is 0 Å². The lowest BCUT2D eigenvalue weighted by atomic mass is 9.74. The summed E-state index contributed by atoms with van der Waals surface area (Å²) in [7, 11) is 2.27. The van der Waals surface area contributed by atoms with Crippen LogP contribution in [-0.4, -0.2) is 43.3 Å². The van der Waals surface area contributed by atoms with Crippen molar-refractivity contribution in [3.63, 3.8) is 0 Å². The van der Waals surface area contributed by atoms with Gasteiger partial charge in [-0.2, -0.15) is 0 Å². The first-order valence-electron chi connectivity index (χ1n) is 7.50. The van der Waals surface area contributed by atoms with Gasteiger partial charge in [0.15, 0.2) is 0 Å². The van der Waals surface area contributed by atoms with Gasteiger partial charge in [0.05, 0.1) is 12.1 Å². The van der Waals surface area contributed by atoms with E-state index in [1.807, 2.05) is 0 Å². The van der Waals surface area contributed by atoms with Crippen LogP contribution in [0.15, 0.2) is 0 Å². The molecular formula is C15H30N2O. The molecule has 3 heteroatoms. The van der Waals surface area contributed by atoms with E-state index in [1.54, 1.807) is 0 Å². The zero-order valence-electron chi connectivity index (χ0n) is 12.4. The van der Waals surface area contributed by atoms with Crippen LogP contribution in [0.2, 0.25) is 0 Å². The summed E-state index contributed by atoms with van der Waals surface area (Å²) in [6.07, 6.45) is 7.64. The Bertz CT molecular complexity index is 262. The van der Waals surface area contributed by atoms with Crippen LogP contribution in [0.25, 0.3) is 0 Å². The zero-order chi connectivity index (χ0) is 13.2. The molecule has 0 aromatic heterocycles. The lowest BCUT2D eigenvalue weighted by molar-refractivity contribution is -0.0610. The average molecular weight is 254 g/mol. The number of hydrogen-bond donors (Lipinski definition) is 1. The van der Waals surface area contributed by atoms with Crippen molar-refractivity contribution in [3.05, 3.63) is 0 Å². The maximum absolute atomic E-state index is 6.08. The van der Waals surface area contributed by atoms with Crippen LogP contribution in [0.1, 0.15) is 52.4 Å². The lowest BCUT2D eigenvalue weighted by Crippen LogP contribution is -2.60. The van der Waals surface area contributed by atoms with Gasteiger partial charge in [0, 0.05) is 19.2 Å². The molecule has 1 saturated carbocycles. The molecule has 2 aliphatic rings. The summed E-state index contributed by atoms with van der Waals surface area (Å²) < 4.78 is 5.71.